The molecule has 0 fully saturated rings. The topological polar surface area (TPSA) is 78.0 Å². The van der Waals surface area contributed by atoms with Gasteiger partial charge in [0.25, 0.3) is 9.84 Å². The van der Waals surface area contributed by atoms with Crippen LogP contribution >= 0.6 is 23.2 Å². The van der Waals surface area contributed by atoms with Crippen LogP contribution in [0.15, 0.2) is 17.2 Å². The van der Waals surface area contributed by atoms with E-state index in [9.17, 15) is 39.2 Å². The molecule has 0 atom stereocenters. The summed E-state index contributed by atoms with van der Waals surface area (Å²) in [6, 6.07) is 0.108. The Hall–Kier alpha value is -1.73. The Morgan fingerprint density at radius 1 is 1.12 bits per heavy atom. The molecule has 1 aromatic carbocycles. The van der Waals surface area contributed by atoms with Crippen molar-refractivity contribution in [1.82, 2.24) is 9.78 Å². The Morgan fingerprint density at radius 2 is 1.65 bits per heavy atom. The summed E-state index contributed by atoms with van der Waals surface area (Å²) in [7, 11) is -5.93. The minimum absolute atomic E-state index is 0.108. The van der Waals surface area contributed by atoms with Crippen LogP contribution in [-0.4, -0.2) is 23.7 Å². The number of nitrogens with zero attached hydrogens (tertiary/aromatic N) is 2. The summed E-state index contributed by atoms with van der Waals surface area (Å²) in [5.41, 5.74) is -3.14. The largest absolute Gasteiger partial charge is 0.502 e. The van der Waals surface area contributed by atoms with E-state index < -0.39 is 59.3 Å². The maximum absolute atomic E-state index is 13.9. The molecular weight excluding hydrogens is 442 g/mol. The van der Waals surface area contributed by atoms with Crippen molar-refractivity contribution in [3.8, 4) is 5.69 Å². The number of nitrogens with two attached hydrogens (primary N) is 1. The van der Waals surface area contributed by atoms with Crippen molar-refractivity contribution in [2.45, 2.75) is 16.6 Å². The van der Waals surface area contributed by atoms with Gasteiger partial charge < -0.3 is 5.73 Å². The van der Waals surface area contributed by atoms with Gasteiger partial charge in [-0.15, -0.1) is 0 Å². The molecule has 144 valence electrons. The van der Waals surface area contributed by atoms with E-state index in [1.54, 1.807) is 0 Å². The minimum atomic E-state index is -5.93. The second-order valence-corrected chi connectivity index (χ2v) is 7.33. The molecule has 0 saturated carbocycles. The normalized spacial score (nSPS) is 13.3. The number of alkyl halides is 6. The average molecular weight is 446 g/mol. The number of benzene rings is 1. The van der Waals surface area contributed by atoms with Crippen molar-refractivity contribution < 1.29 is 39.2 Å². The Balaban J connectivity index is 2.75. The molecular formula is C11H4Cl2F7N3O2S. The molecule has 0 radical (unpaired) electrons. The van der Waals surface area contributed by atoms with Crippen molar-refractivity contribution in [1.29, 1.82) is 0 Å². The third kappa shape index (κ3) is 3.18. The maximum Gasteiger partial charge on any atom is 0.502 e. The zero-order valence-corrected chi connectivity index (χ0v) is 14.1. The highest BCUT2D eigenvalue weighted by atomic mass is 35.5. The number of aromatic nitrogens is 2. The molecule has 0 bridgehead atoms. The van der Waals surface area contributed by atoms with Gasteiger partial charge in [-0.3, -0.25) is 0 Å². The predicted octanol–water partition coefficient (Wildman–Crippen LogP) is 4.21. The monoisotopic (exact) mass is 445 g/mol. The fourth-order valence-corrected chi connectivity index (χ4v) is 3.25. The lowest BCUT2D eigenvalue weighted by Gasteiger charge is -2.15. The first-order valence-corrected chi connectivity index (χ1v) is 8.24. The molecule has 0 amide bonds. The minimum Gasteiger partial charge on any atom is -0.382 e. The van der Waals surface area contributed by atoms with Gasteiger partial charge in [0, 0.05) is 0 Å². The van der Waals surface area contributed by atoms with Gasteiger partial charge in [0.15, 0.2) is 5.82 Å². The van der Waals surface area contributed by atoms with Gasteiger partial charge in [0.2, 0.25) is 0 Å². The summed E-state index contributed by atoms with van der Waals surface area (Å²) >= 11 is 11.1. The summed E-state index contributed by atoms with van der Waals surface area (Å²) in [6.07, 6.45) is -4.99. The lowest BCUT2D eigenvalue weighted by atomic mass is 10.2. The Bertz CT molecular complexity index is 983. The van der Waals surface area contributed by atoms with Crippen LogP contribution in [0.5, 0.6) is 0 Å². The SMILES string of the molecule is Nc1c(S(=O)(=O)C(F)(F)F)cnn1-c1c(Cl)cc(C(F)(F)F)c(F)c1Cl. The maximum atomic E-state index is 13.9. The number of hydrogen-bond acceptors (Lipinski definition) is 4. The van der Waals surface area contributed by atoms with E-state index in [-0.39, 0.29) is 16.9 Å². The summed E-state index contributed by atoms with van der Waals surface area (Å²) in [4.78, 5) is -1.50. The molecule has 0 unspecified atom stereocenters. The average Bonchev–Trinajstić information content (AvgIpc) is 2.83. The molecule has 26 heavy (non-hydrogen) atoms. The van der Waals surface area contributed by atoms with Gasteiger partial charge in [-0.25, -0.2) is 17.5 Å². The second kappa shape index (κ2) is 6.16. The summed E-state index contributed by atoms with van der Waals surface area (Å²) < 4.78 is 113. The number of rotatable bonds is 2. The highest BCUT2D eigenvalue weighted by Crippen LogP contribution is 2.42. The van der Waals surface area contributed by atoms with E-state index >= 15 is 0 Å². The molecule has 0 spiro atoms. The van der Waals surface area contributed by atoms with Gasteiger partial charge in [-0.2, -0.15) is 31.4 Å². The molecule has 15 heteroatoms. The van der Waals surface area contributed by atoms with Crippen LogP contribution in [-0.2, 0) is 16.0 Å². The van der Waals surface area contributed by atoms with Crippen LogP contribution in [0.1, 0.15) is 5.56 Å². The van der Waals surface area contributed by atoms with Crippen LogP contribution in [0.4, 0.5) is 36.6 Å². The lowest BCUT2D eigenvalue weighted by molar-refractivity contribution is -0.139. The highest BCUT2D eigenvalue weighted by Gasteiger charge is 2.49. The predicted molar refractivity (Wildman–Crippen MR) is 76.2 cm³/mol. The summed E-state index contributed by atoms with van der Waals surface area (Å²) in [5.74, 6) is -3.17. The van der Waals surface area contributed by atoms with Crippen molar-refractivity contribution >= 4 is 38.9 Å². The molecule has 1 aromatic heterocycles. The van der Waals surface area contributed by atoms with Crippen molar-refractivity contribution in [2.75, 3.05) is 5.73 Å². The van der Waals surface area contributed by atoms with Crippen LogP contribution in [0.25, 0.3) is 5.69 Å². The van der Waals surface area contributed by atoms with Gasteiger partial charge >= 0.3 is 11.7 Å². The van der Waals surface area contributed by atoms with Gasteiger partial charge in [0.1, 0.15) is 21.4 Å². The molecule has 2 rings (SSSR count). The van der Waals surface area contributed by atoms with E-state index in [0.29, 0.717) is 0 Å². The first kappa shape index (κ1) is 20.6. The number of anilines is 1. The third-order valence-electron chi connectivity index (χ3n) is 3.02. The third-order valence-corrected chi connectivity index (χ3v) is 5.15. The van der Waals surface area contributed by atoms with Crippen molar-refractivity contribution in [2.24, 2.45) is 0 Å². The Kier molecular flexibility index (Phi) is 4.88. The molecule has 2 N–H and O–H groups in total. The quantitative estimate of drug-likeness (QED) is 0.554. The Labute approximate surface area is 150 Å². The molecule has 0 aliphatic rings. The first-order chi connectivity index (χ1) is 11.6. The molecule has 1 heterocycles. The molecule has 0 aliphatic carbocycles. The lowest BCUT2D eigenvalue weighted by Crippen LogP contribution is -2.24. The van der Waals surface area contributed by atoms with E-state index in [4.69, 9.17) is 28.9 Å². The first-order valence-electron chi connectivity index (χ1n) is 6.00. The van der Waals surface area contributed by atoms with E-state index in [1.165, 1.54) is 0 Å². The van der Waals surface area contributed by atoms with Crippen LogP contribution in [0, 0.1) is 5.82 Å². The van der Waals surface area contributed by atoms with Crippen LogP contribution in [0.3, 0.4) is 0 Å². The summed E-state index contributed by atoms with van der Waals surface area (Å²) in [5, 5.41) is 1.07. The highest BCUT2D eigenvalue weighted by molar-refractivity contribution is 7.92. The smallest absolute Gasteiger partial charge is 0.382 e. The Morgan fingerprint density at radius 3 is 2.12 bits per heavy atom. The van der Waals surface area contributed by atoms with Crippen LogP contribution < -0.4 is 5.73 Å². The molecule has 5 nitrogen and oxygen atoms in total. The second-order valence-electron chi connectivity index (χ2n) is 4.64. The van der Waals surface area contributed by atoms with E-state index in [2.05, 4.69) is 5.10 Å². The van der Waals surface area contributed by atoms with Gasteiger partial charge in [0.05, 0.1) is 16.8 Å². The molecule has 0 aliphatic heterocycles. The number of nitrogen functional groups attached to an aromatic ring is 1. The van der Waals surface area contributed by atoms with E-state index in [0.717, 1.165) is 0 Å². The van der Waals surface area contributed by atoms with Gasteiger partial charge in [-0.1, -0.05) is 23.2 Å². The van der Waals surface area contributed by atoms with Crippen molar-refractivity contribution in [3.63, 3.8) is 0 Å². The number of halogens is 9. The number of hydrogen-bond donors (Lipinski definition) is 1. The van der Waals surface area contributed by atoms with Crippen molar-refractivity contribution in [3.05, 3.63) is 33.7 Å². The molecule has 2 aromatic rings. The summed E-state index contributed by atoms with van der Waals surface area (Å²) in [6.45, 7) is 0. The zero-order chi connectivity index (χ0) is 20.2. The zero-order valence-electron chi connectivity index (χ0n) is 11.8. The molecule has 0 saturated heterocycles. The number of sulfone groups is 1. The fourth-order valence-electron chi connectivity index (χ4n) is 1.84. The van der Waals surface area contributed by atoms with Gasteiger partial charge in [-0.05, 0) is 6.07 Å². The van der Waals surface area contributed by atoms with E-state index in [1.807, 2.05) is 0 Å². The fraction of sp³-hybridized carbons (Fsp3) is 0.182. The van der Waals surface area contributed by atoms with Crippen LogP contribution in [0.2, 0.25) is 10.0 Å². The standard InChI is InChI=1S/C11H4Cl2F7N3O2S/c12-4-1-3(10(15,16)17)7(14)6(13)8(4)23-9(21)5(2-22-23)26(24,25)11(18,19)20/h1-2H,21H2.